The van der Waals surface area contributed by atoms with E-state index in [1.54, 1.807) is 6.20 Å². The smallest absolute Gasteiger partial charge is 0.192 e. The Balaban J connectivity index is 2.12. The Hall–Kier alpha value is -0.713. The Bertz CT molecular complexity index is 468. The van der Waals surface area contributed by atoms with Gasteiger partial charge in [-0.2, -0.15) is 0 Å². The largest absolute Gasteiger partial charge is 0.414 e. The number of hydrogen-bond acceptors (Lipinski definition) is 3. The second-order valence-corrected chi connectivity index (χ2v) is 12.1. The molecular weight excluding hydrogens is 266 g/mol. The van der Waals surface area contributed by atoms with Crippen LogP contribution in [-0.2, 0) is 10.8 Å². The average Bonchev–Trinajstić information content (AvgIpc) is 2.48. The second-order valence-electron chi connectivity index (χ2n) is 7.34. The van der Waals surface area contributed by atoms with E-state index in [2.05, 4.69) is 44.9 Å². The fraction of sp³-hybridized carbons (Fsp3) is 0.688. The Morgan fingerprint density at radius 3 is 2.70 bits per heavy atom. The quantitative estimate of drug-likeness (QED) is 0.665. The summed E-state index contributed by atoms with van der Waals surface area (Å²) in [7, 11) is -1.78. The lowest BCUT2D eigenvalue weighted by molar-refractivity contribution is 0.0852. The number of aromatic nitrogens is 1. The van der Waals surface area contributed by atoms with Crippen LogP contribution in [0.2, 0.25) is 18.1 Å². The third kappa shape index (κ3) is 3.30. The van der Waals surface area contributed by atoms with Crippen LogP contribution in [0.25, 0.3) is 0 Å². The van der Waals surface area contributed by atoms with Gasteiger partial charge in [0.15, 0.2) is 8.32 Å². The zero-order valence-electron chi connectivity index (χ0n) is 13.3. The summed E-state index contributed by atoms with van der Waals surface area (Å²) in [6.45, 7) is 11.3. The van der Waals surface area contributed by atoms with Crippen molar-refractivity contribution in [3.05, 3.63) is 29.6 Å². The number of aliphatic hydroxyl groups excluding tert-OH is 1. The van der Waals surface area contributed by atoms with Crippen LogP contribution >= 0.6 is 0 Å². The van der Waals surface area contributed by atoms with Gasteiger partial charge < -0.3 is 9.53 Å². The molecule has 2 atom stereocenters. The van der Waals surface area contributed by atoms with Crippen LogP contribution in [0, 0.1) is 0 Å². The molecule has 0 amide bonds. The van der Waals surface area contributed by atoms with Crippen molar-refractivity contribution in [3.8, 4) is 0 Å². The van der Waals surface area contributed by atoms with Crippen LogP contribution < -0.4 is 0 Å². The fourth-order valence-corrected chi connectivity index (χ4v) is 3.86. The molecular formula is C16H27NO2Si. The van der Waals surface area contributed by atoms with E-state index in [1.807, 2.05) is 6.07 Å². The van der Waals surface area contributed by atoms with Crippen molar-refractivity contribution in [2.24, 2.45) is 0 Å². The molecule has 0 spiro atoms. The molecule has 20 heavy (non-hydrogen) atoms. The molecule has 0 radical (unpaired) electrons. The molecule has 112 valence electrons. The Labute approximate surface area is 123 Å². The minimum atomic E-state index is -1.78. The zero-order chi connectivity index (χ0) is 15.0. The molecule has 0 saturated heterocycles. The summed E-state index contributed by atoms with van der Waals surface area (Å²) in [5, 5.41) is 10.6. The molecule has 1 N–H and O–H groups in total. The van der Waals surface area contributed by atoms with E-state index in [0.29, 0.717) is 6.42 Å². The van der Waals surface area contributed by atoms with E-state index in [-0.39, 0.29) is 11.1 Å². The molecule has 1 unspecified atom stereocenters. The highest BCUT2D eigenvalue weighted by Gasteiger charge is 2.40. The van der Waals surface area contributed by atoms with Gasteiger partial charge in [0.25, 0.3) is 0 Å². The first-order valence-electron chi connectivity index (χ1n) is 7.50. The zero-order valence-corrected chi connectivity index (χ0v) is 14.3. The van der Waals surface area contributed by atoms with Crippen LogP contribution in [0.15, 0.2) is 18.3 Å². The van der Waals surface area contributed by atoms with E-state index in [4.69, 9.17) is 4.43 Å². The van der Waals surface area contributed by atoms with Crippen molar-refractivity contribution < 1.29 is 9.53 Å². The molecule has 1 aromatic rings. The number of pyridine rings is 1. The number of aryl methyl sites for hydroxylation is 1. The van der Waals surface area contributed by atoms with Crippen molar-refractivity contribution in [2.45, 2.75) is 70.4 Å². The molecule has 0 bridgehead atoms. The highest BCUT2D eigenvalue weighted by atomic mass is 28.4. The topological polar surface area (TPSA) is 42.4 Å². The lowest BCUT2D eigenvalue weighted by atomic mass is 10.1. The maximum atomic E-state index is 10.4. The Kier molecular flexibility index (Phi) is 4.37. The summed E-state index contributed by atoms with van der Waals surface area (Å²) < 4.78 is 6.48. The first-order chi connectivity index (χ1) is 9.21. The molecule has 4 heteroatoms. The summed E-state index contributed by atoms with van der Waals surface area (Å²) in [6.07, 6.45) is 3.98. The number of fused-ring (bicyclic) bond motifs is 1. The van der Waals surface area contributed by atoms with Crippen molar-refractivity contribution >= 4 is 8.32 Å². The molecule has 2 rings (SSSR count). The van der Waals surface area contributed by atoms with Crippen molar-refractivity contribution in [1.82, 2.24) is 4.98 Å². The van der Waals surface area contributed by atoms with Gasteiger partial charge in [-0.05, 0) is 42.6 Å². The van der Waals surface area contributed by atoms with Crippen molar-refractivity contribution in [2.75, 3.05) is 0 Å². The van der Waals surface area contributed by atoms with E-state index >= 15 is 0 Å². The van der Waals surface area contributed by atoms with Gasteiger partial charge in [-0.25, -0.2) is 0 Å². The molecule has 1 aliphatic rings. The van der Waals surface area contributed by atoms with Crippen LogP contribution in [0.4, 0.5) is 0 Å². The maximum absolute atomic E-state index is 10.4. The van der Waals surface area contributed by atoms with Crippen LogP contribution in [0.5, 0.6) is 0 Å². The van der Waals surface area contributed by atoms with Gasteiger partial charge in [0.1, 0.15) is 0 Å². The third-order valence-electron chi connectivity index (χ3n) is 4.73. The predicted octanol–water partition coefficient (Wildman–Crippen LogP) is 3.84. The van der Waals surface area contributed by atoms with Crippen LogP contribution in [0.3, 0.4) is 0 Å². The molecule has 0 aliphatic heterocycles. The standard InChI is InChI=1S/C16H27NO2Si/c1-16(2,3)20(4,5)19-13-9-8-12-7-6-10-17-15(12)14(18)11-13/h6-7,10,13-14,18H,8-9,11H2,1-5H3/t13-,14?/m1/s1. The van der Waals surface area contributed by atoms with E-state index in [9.17, 15) is 5.11 Å². The predicted molar refractivity (Wildman–Crippen MR) is 84.2 cm³/mol. The summed E-state index contributed by atoms with van der Waals surface area (Å²) in [5.74, 6) is 0. The van der Waals surface area contributed by atoms with Gasteiger partial charge in [-0.1, -0.05) is 26.8 Å². The Morgan fingerprint density at radius 1 is 1.35 bits per heavy atom. The van der Waals surface area contributed by atoms with Gasteiger partial charge in [0.2, 0.25) is 0 Å². The van der Waals surface area contributed by atoms with Gasteiger partial charge in [0, 0.05) is 18.7 Å². The van der Waals surface area contributed by atoms with Gasteiger partial charge in [-0.3, -0.25) is 4.98 Å². The van der Waals surface area contributed by atoms with Gasteiger partial charge in [0.05, 0.1) is 11.8 Å². The number of nitrogens with zero attached hydrogens (tertiary/aromatic N) is 1. The maximum Gasteiger partial charge on any atom is 0.192 e. The fourth-order valence-electron chi connectivity index (χ4n) is 2.46. The van der Waals surface area contributed by atoms with E-state index < -0.39 is 14.4 Å². The summed E-state index contributed by atoms with van der Waals surface area (Å²) in [4.78, 5) is 4.35. The molecule has 1 aliphatic carbocycles. The lowest BCUT2D eigenvalue weighted by Crippen LogP contribution is -2.44. The molecule has 0 fully saturated rings. The highest BCUT2D eigenvalue weighted by Crippen LogP contribution is 2.39. The monoisotopic (exact) mass is 293 g/mol. The summed E-state index contributed by atoms with van der Waals surface area (Å²) in [6, 6.07) is 4.01. The molecule has 1 heterocycles. The van der Waals surface area contributed by atoms with Crippen molar-refractivity contribution in [3.63, 3.8) is 0 Å². The van der Waals surface area contributed by atoms with Gasteiger partial charge in [-0.15, -0.1) is 0 Å². The van der Waals surface area contributed by atoms with Gasteiger partial charge >= 0.3 is 0 Å². The molecule has 0 aromatic carbocycles. The number of aliphatic hydroxyl groups is 1. The minimum absolute atomic E-state index is 0.139. The highest BCUT2D eigenvalue weighted by molar-refractivity contribution is 6.74. The van der Waals surface area contributed by atoms with E-state index in [1.165, 1.54) is 5.56 Å². The van der Waals surface area contributed by atoms with Crippen LogP contribution in [-0.4, -0.2) is 24.5 Å². The summed E-state index contributed by atoms with van der Waals surface area (Å²) in [5.41, 5.74) is 2.01. The lowest BCUT2D eigenvalue weighted by Gasteiger charge is -2.39. The average molecular weight is 293 g/mol. The SMILES string of the molecule is CC(C)(C)[Si](C)(C)O[C@@H]1CCc2cccnc2C(O)C1. The Morgan fingerprint density at radius 2 is 2.05 bits per heavy atom. The van der Waals surface area contributed by atoms with E-state index in [0.717, 1.165) is 18.5 Å². The van der Waals surface area contributed by atoms with Crippen LogP contribution in [0.1, 0.15) is 51.0 Å². The molecule has 1 aromatic heterocycles. The first kappa shape index (κ1) is 15.7. The number of hydrogen-bond donors (Lipinski definition) is 1. The second kappa shape index (κ2) is 5.58. The molecule has 3 nitrogen and oxygen atoms in total. The normalized spacial score (nSPS) is 24.1. The summed E-state index contributed by atoms with van der Waals surface area (Å²) >= 11 is 0. The first-order valence-corrected chi connectivity index (χ1v) is 10.4. The third-order valence-corrected chi connectivity index (χ3v) is 9.27. The molecule has 0 saturated carbocycles. The van der Waals surface area contributed by atoms with Crippen molar-refractivity contribution in [1.29, 1.82) is 0 Å². The number of rotatable bonds is 2. The minimum Gasteiger partial charge on any atom is -0.414 e.